The molecule has 0 unspecified atom stereocenters. The molecule has 2 amide bonds. The Morgan fingerprint density at radius 3 is 2.66 bits per heavy atom. The van der Waals surface area contributed by atoms with Gasteiger partial charge in [-0.1, -0.05) is 17.7 Å². The standard InChI is InChI=1S/C20H15ClF2N6O3/c1-10-7-11(25-3)8-12(17(24)30)16(10)27-19(31)14-9-15(32-20(2,22)23)28-29(14)18-13(21)5-4-6-26-18/h4-9H,1-2H3,(H2,24,30)(H,27,31). The van der Waals surface area contributed by atoms with Crippen molar-refractivity contribution in [2.75, 3.05) is 5.32 Å². The monoisotopic (exact) mass is 460 g/mol. The summed E-state index contributed by atoms with van der Waals surface area (Å²) in [6.07, 6.45) is -2.19. The van der Waals surface area contributed by atoms with Crippen LogP contribution in [0.5, 0.6) is 5.88 Å². The number of aromatic nitrogens is 3. The number of anilines is 1. The van der Waals surface area contributed by atoms with Gasteiger partial charge in [0, 0.05) is 19.2 Å². The molecule has 32 heavy (non-hydrogen) atoms. The molecule has 12 heteroatoms. The minimum absolute atomic E-state index is 0.0104. The molecular weight excluding hydrogens is 446 g/mol. The Labute approximate surface area is 185 Å². The number of rotatable bonds is 6. The molecular formula is C20H15ClF2N6O3. The molecule has 0 aliphatic carbocycles. The Morgan fingerprint density at radius 1 is 1.34 bits per heavy atom. The molecule has 0 aliphatic heterocycles. The highest BCUT2D eigenvalue weighted by Crippen LogP contribution is 2.29. The lowest BCUT2D eigenvalue weighted by molar-refractivity contribution is -0.161. The largest absolute Gasteiger partial charge is 0.413 e. The van der Waals surface area contributed by atoms with Crippen molar-refractivity contribution in [2.24, 2.45) is 5.73 Å². The molecule has 0 atom stereocenters. The first kappa shape index (κ1) is 22.6. The molecule has 0 bridgehead atoms. The maximum atomic E-state index is 13.4. The summed E-state index contributed by atoms with van der Waals surface area (Å²) in [6, 6.07) is 6.67. The molecule has 3 rings (SSSR count). The average Bonchev–Trinajstić information content (AvgIpc) is 3.11. The van der Waals surface area contributed by atoms with Gasteiger partial charge < -0.3 is 15.8 Å². The first-order valence-corrected chi connectivity index (χ1v) is 9.29. The van der Waals surface area contributed by atoms with Crippen LogP contribution in [0.1, 0.15) is 33.3 Å². The molecule has 0 aliphatic rings. The molecule has 164 valence electrons. The van der Waals surface area contributed by atoms with E-state index in [-0.39, 0.29) is 33.5 Å². The van der Waals surface area contributed by atoms with Crippen LogP contribution in [0.2, 0.25) is 5.02 Å². The van der Waals surface area contributed by atoms with Crippen LogP contribution in [0.4, 0.5) is 20.2 Å². The molecule has 2 aromatic heterocycles. The lowest BCUT2D eigenvalue weighted by Crippen LogP contribution is -2.21. The number of alkyl halides is 2. The van der Waals surface area contributed by atoms with Crippen molar-refractivity contribution < 1.29 is 23.1 Å². The molecule has 0 radical (unpaired) electrons. The van der Waals surface area contributed by atoms with Gasteiger partial charge in [0.05, 0.1) is 22.8 Å². The summed E-state index contributed by atoms with van der Waals surface area (Å²) in [7, 11) is 0. The average molecular weight is 461 g/mol. The van der Waals surface area contributed by atoms with Crippen LogP contribution in [0, 0.1) is 13.5 Å². The van der Waals surface area contributed by atoms with Gasteiger partial charge >= 0.3 is 6.11 Å². The second-order valence-electron chi connectivity index (χ2n) is 6.61. The number of carbonyl (C=O) groups is 2. The molecule has 0 saturated heterocycles. The van der Waals surface area contributed by atoms with Crippen LogP contribution in [0.3, 0.4) is 0 Å². The number of primary amides is 1. The predicted octanol–water partition coefficient (Wildman–Crippen LogP) is 4.12. The van der Waals surface area contributed by atoms with Crippen molar-refractivity contribution in [1.29, 1.82) is 0 Å². The lowest BCUT2D eigenvalue weighted by atomic mass is 10.1. The Bertz CT molecular complexity index is 1260. The van der Waals surface area contributed by atoms with Gasteiger partial charge in [-0.3, -0.25) is 9.59 Å². The zero-order chi connectivity index (χ0) is 23.6. The molecule has 3 N–H and O–H groups in total. The van der Waals surface area contributed by atoms with Gasteiger partial charge in [-0.05, 0) is 30.7 Å². The number of hydrogen-bond acceptors (Lipinski definition) is 5. The summed E-state index contributed by atoms with van der Waals surface area (Å²) in [6.45, 7) is 9.20. The summed E-state index contributed by atoms with van der Waals surface area (Å²) >= 11 is 6.13. The third-order valence-electron chi connectivity index (χ3n) is 4.10. The molecule has 2 heterocycles. The summed E-state index contributed by atoms with van der Waals surface area (Å²) in [5.41, 5.74) is 5.64. The van der Waals surface area contributed by atoms with Gasteiger partial charge in [-0.2, -0.15) is 8.78 Å². The van der Waals surface area contributed by atoms with E-state index in [0.717, 1.165) is 10.7 Å². The van der Waals surface area contributed by atoms with Crippen LogP contribution in [0.15, 0.2) is 36.5 Å². The van der Waals surface area contributed by atoms with Gasteiger partial charge in [0.2, 0.25) is 11.8 Å². The van der Waals surface area contributed by atoms with E-state index < -0.39 is 23.8 Å². The summed E-state index contributed by atoms with van der Waals surface area (Å²) in [5.74, 6) is -2.28. The molecule has 9 nitrogen and oxygen atoms in total. The first-order valence-electron chi connectivity index (χ1n) is 8.91. The lowest BCUT2D eigenvalue weighted by Gasteiger charge is -2.13. The Balaban J connectivity index is 2.10. The number of pyridine rings is 1. The van der Waals surface area contributed by atoms with E-state index in [1.165, 1.54) is 30.5 Å². The van der Waals surface area contributed by atoms with E-state index in [9.17, 15) is 18.4 Å². The summed E-state index contributed by atoms with van der Waals surface area (Å²) in [5, 5.41) is 6.48. The number of ether oxygens (including phenoxy) is 1. The minimum Gasteiger partial charge on any atom is -0.413 e. The van der Waals surface area contributed by atoms with Gasteiger partial charge in [-0.25, -0.2) is 14.5 Å². The fourth-order valence-corrected chi connectivity index (χ4v) is 3.02. The number of hydrogen-bond donors (Lipinski definition) is 2. The number of nitrogens with one attached hydrogen (secondary N) is 1. The fourth-order valence-electron chi connectivity index (χ4n) is 2.82. The number of amides is 2. The van der Waals surface area contributed by atoms with E-state index >= 15 is 0 Å². The first-order chi connectivity index (χ1) is 15.0. The zero-order valence-corrected chi connectivity index (χ0v) is 17.4. The van der Waals surface area contributed by atoms with Crippen molar-refractivity contribution in [3.05, 3.63) is 69.8 Å². The van der Waals surface area contributed by atoms with E-state index in [4.69, 9.17) is 23.9 Å². The van der Waals surface area contributed by atoms with Gasteiger partial charge in [0.25, 0.3) is 5.91 Å². The van der Waals surface area contributed by atoms with Crippen LogP contribution in [-0.2, 0) is 0 Å². The minimum atomic E-state index is -3.56. The van der Waals surface area contributed by atoms with Gasteiger partial charge in [0.15, 0.2) is 11.5 Å². The van der Waals surface area contributed by atoms with Crippen LogP contribution in [0.25, 0.3) is 10.7 Å². The molecule has 0 spiro atoms. The van der Waals surface area contributed by atoms with Crippen LogP contribution in [-0.4, -0.2) is 32.7 Å². The molecule has 0 fully saturated rings. The van der Waals surface area contributed by atoms with Gasteiger partial charge in [0.1, 0.15) is 5.69 Å². The maximum Gasteiger partial charge on any atom is 0.396 e. The summed E-state index contributed by atoms with van der Waals surface area (Å²) in [4.78, 5) is 32.2. The van der Waals surface area contributed by atoms with E-state index in [0.29, 0.717) is 12.5 Å². The molecule has 3 aromatic rings. The number of benzene rings is 1. The van der Waals surface area contributed by atoms with Crippen LogP contribution < -0.4 is 15.8 Å². The van der Waals surface area contributed by atoms with Gasteiger partial charge in [-0.15, -0.1) is 5.10 Å². The van der Waals surface area contributed by atoms with E-state index in [1.54, 1.807) is 6.92 Å². The van der Waals surface area contributed by atoms with Crippen molar-refractivity contribution in [2.45, 2.75) is 20.0 Å². The Kier molecular flexibility index (Phi) is 6.09. The maximum absolute atomic E-state index is 13.4. The predicted molar refractivity (Wildman–Crippen MR) is 112 cm³/mol. The number of carbonyl (C=O) groups excluding carboxylic acids is 2. The number of halogens is 3. The van der Waals surface area contributed by atoms with Crippen molar-refractivity contribution >= 4 is 34.8 Å². The molecule has 1 aromatic carbocycles. The Morgan fingerprint density at radius 2 is 2.06 bits per heavy atom. The quantitative estimate of drug-likeness (QED) is 0.536. The smallest absolute Gasteiger partial charge is 0.396 e. The second-order valence-corrected chi connectivity index (χ2v) is 7.02. The van der Waals surface area contributed by atoms with E-state index in [1.807, 2.05) is 0 Å². The number of aryl methyl sites for hydroxylation is 1. The third-order valence-corrected chi connectivity index (χ3v) is 4.39. The molecule has 0 saturated carbocycles. The third kappa shape index (κ3) is 4.81. The Hall–Kier alpha value is -4.04. The highest BCUT2D eigenvalue weighted by molar-refractivity contribution is 6.32. The number of nitrogens with zero attached hydrogens (tertiary/aromatic N) is 4. The SMILES string of the molecule is [C-]#[N+]c1cc(C)c(NC(=O)c2cc(OC(C)(F)F)nn2-c2ncccc2Cl)c(C(N)=O)c1. The number of nitrogens with two attached hydrogens (primary N) is 1. The van der Waals surface area contributed by atoms with Crippen molar-refractivity contribution in [1.82, 2.24) is 14.8 Å². The van der Waals surface area contributed by atoms with Crippen molar-refractivity contribution in [3.8, 4) is 11.7 Å². The normalized spacial score (nSPS) is 11.0. The topological polar surface area (TPSA) is 116 Å². The van der Waals surface area contributed by atoms with E-state index in [2.05, 4.69) is 25.0 Å². The van der Waals surface area contributed by atoms with Crippen LogP contribution >= 0.6 is 11.6 Å². The highest BCUT2D eigenvalue weighted by atomic mass is 35.5. The zero-order valence-electron chi connectivity index (χ0n) is 16.7. The van der Waals surface area contributed by atoms with Crippen molar-refractivity contribution in [3.63, 3.8) is 0 Å². The fraction of sp³-hybridized carbons (Fsp3) is 0.150. The highest BCUT2D eigenvalue weighted by Gasteiger charge is 2.28. The summed E-state index contributed by atoms with van der Waals surface area (Å²) < 4.78 is 32.1. The second kappa shape index (κ2) is 8.60.